The molecule has 1 aliphatic carbocycles. The van der Waals surface area contributed by atoms with E-state index in [4.69, 9.17) is 0 Å². The van der Waals surface area contributed by atoms with Gasteiger partial charge in [0.15, 0.2) is 0 Å². The molecule has 6 heteroatoms. The number of nitrogens with zero attached hydrogens (tertiary/aromatic N) is 2. The van der Waals surface area contributed by atoms with Gasteiger partial charge in [0.05, 0.1) is 4.90 Å². The molecule has 0 N–H and O–H groups in total. The Kier molecular flexibility index (Phi) is 6.58. The quantitative estimate of drug-likeness (QED) is 0.769. The van der Waals surface area contributed by atoms with E-state index in [0.29, 0.717) is 37.0 Å². The first-order valence-electron chi connectivity index (χ1n) is 10.3. The molecule has 150 valence electrons. The summed E-state index contributed by atoms with van der Waals surface area (Å²) in [6.45, 7) is 6.04. The lowest BCUT2D eigenvalue weighted by Gasteiger charge is -2.36. The Balaban J connectivity index is 1.61. The summed E-state index contributed by atoms with van der Waals surface area (Å²) in [6.07, 6.45) is 6.50. The van der Waals surface area contributed by atoms with E-state index in [1.165, 1.54) is 16.3 Å². The van der Waals surface area contributed by atoms with Crippen LogP contribution in [0.2, 0.25) is 0 Å². The van der Waals surface area contributed by atoms with Crippen molar-refractivity contribution in [1.29, 1.82) is 0 Å². The molecule has 1 heterocycles. The summed E-state index contributed by atoms with van der Waals surface area (Å²) < 4.78 is 27.4. The van der Waals surface area contributed by atoms with Gasteiger partial charge in [-0.3, -0.25) is 4.79 Å². The fourth-order valence-electron chi connectivity index (χ4n) is 4.11. The van der Waals surface area contributed by atoms with Crippen LogP contribution in [0.1, 0.15) is 63.9 Å². The van der Waals surface area contributed by atoms with E-state index < -0.39 is 10.0 Å². The number of rotatable bonds is 5. The number of carbonyl (C=O) groups excluding carboxylic acids is 1. The first kappa shape index (κ1) is 20.3. The minimum Gasteiger partial charge on any atom is -0.340 e. The molecule has 1 amide bonds. The lowest BCUT2D eigenvalue weighted by Crippen LogP contribution is -2.52. The molecule has 27 heavy (non-hydrogen) atoms. The zero-order chi connectivity index (χ0) is 19.4. The second-order valence-corrected chi connectivity index (χ2v) is 9.88. The predicted octanol–water partition coefficient (Wildman–Crippen LogP) is 3.61. The van der Waals surface area contributed by atoms with Gasteiger partial charge in [0, 0.05) is 32.1 Å². The number of sulfonamides is 1. The van der Waals surface area contributed by atoms with Gasteiger partial charge in [-0.15, -0.1) is 0 Å². The van der Waals surface area contributed by atoms with Crippen LogP contribution in [0.15, 0.2) is 29.2 Å². The summed E-state index contributed by atoms with van der Waals surface area (Å²) in [4.78, 5) is 14.9. The Labute approximate surface area is 163 Å². The van der Waals surface area contributed by atoms with E-state index in [-0.39, 0.29) is 11.8 Å². The van der Waals surface area contributed by atoms with Crippen molar-refractivity contribution >= 4 is 15.9 Å². The lowest BCUT2D eigenvalue weighted by atomic mass is 9.88. The van der Waals surface area contributed by atoms with Gasteiger partial charge in [0.25, 0.3) is 0 Å². The summed E-state index contributed by atoms with van der Waals surface area (Å²) in [5.41, 5.74) is 1.17. The Hall–Kier alpha value is -1.40. The van der Waals surface area contributed by atoms with Crippen molar-refractivity contribution in [3.8, 4) is 0 Å². The molecule has 2 fully saturated rings. The second kappa shape index (κ2) is 8.74. The number of hydrogen-bond acceptors (Lipinski definition) is 3. The van der Waals surface area contributed by atoms with Crippen molar-refractivity contribution in [2.45, 2.75) is 63.2 Å². The maximum absolute atomic E-state index is 12.9. The standard InChI is InChI=1S/C21H32N2O3S/c1-3-17(2)18-9-11-20(12-10-18)27(25,26)23-15-13-22(14-16-23)21(24)19-7-5-4-6-8-19/h9-12,17,19H,3-8,13-16H2,1-2H3/t17-/m0/s1. The molecule has 0 unspecified atom stereocenters. The summed E-state index contributed by atoms with van der Waals surface area (Å²) in [5, 5.41) is 0. The molecule has 0 radical (unpaired) electrons. The Morgan fingerprint density at radius 1 is 1.04 bits per heavy atom. The Morgan fingerprint density at radius 3 is 2.19 bits per heavy atom. The predicted molar refractivity (Wildman–Crippen MR) is 107 cm³/mol. The zero-order valence-electron chi connectivity index (χ0n) is 16.6. The van der Waals surface area contributed by atoms with Crippen LogP contribution >= 0.6 is 0 Å². The van der Waals surface area contributed by atoms with Crippen LogP contribution in [0.5, 0.6) is 0 Å². The van der Waals surface area contributed by atoms with Crippen LogP contribution in [0, 0.1) is 5.92 Å². The van der Waals surface area contributed by atoms with Crippen molar-refractivity contribution in [2.24, 2.45) is 5.92 Å². The van der Waals surface area contributed by atoms with Crippen LogP contribution in [0.3, 0.4) is 0 Å². The molecule has 1 aliphatic heterocycles. The van der Waals surface area contributed by atoms with Gasteiger partial charge in [-0.2, -0.15) is 4.31 Å². The highest BCUT2D eigenvalue weighted by Gasteiger charge is 2.32. The summed E-state index contributed by atoms with van der Waals surface area (Å²) in [5.74, 6) is 0.802. The van der Waals surface area contributed by atoms with E-state index in [1.54, 1.807) is 12.1 Å². The molecule has 3 rings (SSSR count). The average molecular weight is 393 g/mol. The van der Waals surface area contributed by atoms with Crippen LogP contribution < -0.4 is 0 Å². The van der Waals surface area contributed by atoms with Gasteiger partial charge in [0.2, 0.25) is 15.9 Å². The van der Waals surface area contributed by atoms with Gasteiger partial charge in [-0.25, -0.2) is 8.42 Å². The molecule has 2 aliphatic rings. The Bertz CT molecular complexity index is 731. The third-order valence-corrected chi connectivity index (χ3v) is 8.12. The molecule has 0 spiro atoms. The number of hydrogen-bond donors (Lipinski definition) is 0. The maximum atomic E-state index is 12.9. The minimum absolute atomic E-state index is 0.148. The fourth-order valence-corrected chi connectivity index (χ4v) is 5.53. The molecular formula is C21H32N2O3S. The highest BCUT2D eigenvalue weighted by Crippen LogP contribution is 2.27. The third-order valence-electron chi connectivity index (χ3n) is 6.20. The van der Waals surface area contributed by atoms with Crippen LogP contribution in [-0.4, -0.2) is 49.7 Å². The molecular weight excluding hydrogens is 360 g/mol. The monoisotopic (exact) mass is 392 g/mol. The van der Waals surface area contributed by atoms with Crippen molar-refractivity contribution in [3.63, 3.8) is 0 Å². The Morgan fingerprint density at radius 2 is 1.63 bits per heavy atom. The molecule has 0 aromatic heterocycles. The largest absolute Gasteiger partial charge is 0.340 e. The molecule has 5 nitrogen and oxygen atoms in total. The first-order chi connectivity index (χ1) is 12.9. The van der Waals surface area contributed by atoms with E-state index in [9.17, 15) is 13.2 Å². The highest BCUT2D eigenvalue weighted by molar-refractivity contribution is 7.89. The van der Waals surface area contributed by atoms with E-state index in [0.717, 1.165) is 32.1 Å². The molecule has 1 aromatic rings. The highest BCUT2D eigenvalue weighted by atomic mass is 32.2. The minimum atomic E-state index is -3.49. The molecule has 1 atom stereocenters. The third kappa shape index (κ3) is 4.54. The van der Waals surface area contributed by atoms with Crippen LogP contribution in [-0.2, 0) is 14.8 Å². The molecule has 1 saturated carbocycles. The number of piperazine rings is 1. The van der Waals surface area contributed by atoms with E-state index in [1.807, 2.05) is 17.0 Å². The van der Waals surface area contributed by atoms with E-state index >= 15 is 0 Å². The van der Waals surface area contributed by atoms with Crippen molar-refractivity contribution < 1.29 is 13.2 Å². The van der Waals surface area contributed by atoms with Crippen LogP contribution in [0.4, 0.5) is 0 Å². The van der Waals surface area contributed by atoms with Crippen molar-refractivity contribution in [1.82, 2.24) is 9.21 Å². The van der Waals surface area contributed by atoms with Crippen LogP contribution in [0.25, 0.3) is 0 Å². The smallest absolute Gasteiger partial charge is 0.243 e. The van der Waals surface area contributed by atoms with E-state index in [2.05, 4.69) is 13.8 Å². The lowest BCUT2D eigenvalue weighted by molar-refractivity contribution is -0.137. The fraction of sp³-hybridized carbons (Fsp3) is 0.667. The average Bonchev–Trinajstić information content (AvgIpc) is 2.73. The summed E-state index contributed by atoms with van der Waals surface area (Å²) >= 11 is 0. The second-order valence-electron chi connectivity index (χ2n) is 7.94. The van der Waals surface area contributed by atoms with Gasteiger partial charge in [0.1, 0.15) is 0 Å². The SMILES string of the molecule is CC[C@H](C)c1ccc(S(=O)(=O)N2CCN(C(=O)C3CCCCC3)CC2)cc1. The number of benzene rings is 1. The van der Waals surface area contributed by atoms with Crippen molar-refractivity contribution in [2.75, 3.05) is 26.2 Å². The van der Waals surface area contributed by atoms with Gasteiger partial charge < -0.3 is 4.90 Å². The maximum Gasteiger partial charge on any atom is 0.243 e. The number of amides is 1. The number of carbonyl (C=O) groups is 1. The summed E-state index contributed by atoms with van der Waals surface area (Å²) in [7, 11) is -3.49. The zero-order valence-corrected chi connectivity index (χ0v) is 17.4. The molecule has 1 saturated heterocycles. The summed E-state index contributed by atoms with van der Waals surface area (Å²) in [6, 6.07) is 7.28. The normalized spacial score (nSPS) is 21.2. The van der Waals surface area contributed by atoms with Gasteiger partial charge in [-0.05, 0) is 42.9 Å². The van der Waals surface area contributed by atoms with Gasteiger partial charge >= 0.3 is 0 Å². The molecule has 0 bridgehead atoms. The van der Waals surface area contributed by atoms with Crippen molar-refractivity contribution in [3.05, 3.63) is 29.8 Å². The van der Waals surface area contributed by atoms with Gasteiger partial charge in [-0.1, -0.05) is 45.2 Å². The topological polar surface area (TPSA) is 57.7 Å². The first-order valence-corrected chi connectivity index (χ1v) is 11.8. The molecule has 1 aromatic carbocycles.